The summed E-state index contributed by atoms with van der Waals surface area (Å²) < 4.78 is 7.45. The Labute approximate surface area is 118 Å². The van der Waals surface area contributed by atoms with Crippen molar-refractivity contribution in [3.8, 4) is 17.5 Å². The molecule has 0 bridgehead atoms. The first-order chi connectivity index (χ1) is 9.63. The second kappa shape index (κ2) is 6.31. The van der Waals surface area contributed by atoms with Gasteiger partial charge in [-0.1, -0.05) is 6.92 Å². The molecule has 20 heavy (non-hydrogen) atoms. The molecule has 0 saturated carbocycles. The Bertz CT molecular complexity index is 566. The summed E-state index contributed by atoms with van der Waals surface area (Å²) in [5, 5.41) is 7.21. The minimum absolute atomic E-state index is 0.00973. The van der Waals surface area contributed by atoms with Gasteiger partial charge in [0.05, 0.1) is 6.10 Å². The highest BCUT2D eigenvalue weighted by Gasteiger charge is 2.13. The van der Waals surface area contributed by atoms with Crippen molar-refractivity contribution in [2.75, 3.05) is 12.4 Å². The lowest BCUT2D eigenvalue weighted by molar-refractivity contribution is 0.222. The molecule has 0 aliphatic rings. The van der Waals surface area contributed by atoms with E-state index in [1.807, 2.05) is 24.6 Å². The maximum atomic E-state index is 5.56. The molecule has 0 atom stereocenters. The fraction of sp³-hybridized carbons (Fsp3) is 0.538. The van der Waals surface area contributed by atoms with Crippen LogP contribution in [-0.4, -0.2) is 37.9 Å². The molecular weight excluding hydrogens is 256 g/mol. The SMILES string of the molecule is CCCn1nccc1-c1nc(NC)nc(OC(C)C)n1. The third-order valence-electron chi connectivity index (χ3n) is 2.56. The van der Waals surface area contributed by atoms with Crippen LogP contribution in [0, 0.1) is 0 Å². The van der Waals surface area contributed by atoms with E-state index >= 15 is 0 Å². The van der Waals surface area contributed by atoms with E-state index < -0.39 is 0 Å². The summed E-state index contributed by atoms with van der Waals surface area (Å²) in [4.78, 5) is 12.9. The Morgan fingerprint density at radius 2 is 2.10 bits per heavy atom. The molecule has 108 valence electrons. The highest BCUT2D eigenvalue weighted by molar-refractivity contribution is 5.51. The number of rotatable bonds is 6. The average molecular weight is 276 g/mol. The molecular formula is C13H20N6O. The molecule has 0 radical (unpaired) electrons. The first kappa shape index (κ1) is 14.2. The maximum Gasteiger partial charge on any atom is 0.322 e. The van der Waals surface area contributed by atoms with Gasteiger partial charge in [0.2, 0.25) is 5.95 Å². The summed E-state index contributed by atoms with van der Waals surface area (Å²) in [6.07, 6.45) is 2.75. The quantitative estimate of drug-likeness (QED) is 0.869. The Balaban J connectivity index is 2.41. The molecule has 7 heteroatoms. The molecule has 0 saturated heterocycles. The van der Waals surface area contributed by atoms with E-state index in [-0.39, 0.29) is 6.10 Å². The Hall–Kier alpha value is -2.18. The monoisotopic (exact) mass is 276 g/mol. The number of aryl methyl sites for hydroxylation is 1. The van der Waals surface area contributed by atoms with E-state index in [2.05, 4.69) is 32.3 Å². The minimum atomic E-state index is 0.00973. The predicted molar refractivity (Wildman–Crippen MR) is 76.6 cm³/mol. The van der Waals surface area contributed by atoms with E-state index in [1.165, 1.54) is 0 Å². The van der Waals surface area contributed by atoms with E-state index in [1.54, 1.807) is 13.2 Å². The molecule has 2 rings (SSSR count). The molecule has 0 amide bonds. The van der Waals surface area contributed by atoms with E-state index in [0.29, 0.717) is 17.8 Å². The number of hydrogen-bond donors (Lipinski definition) is 1. The first-order valence-corrected chi connectivity index (χ1v) is 6.76. The van der Waals surface area contributed by atoms with Gasteiger partial charge in [-0.05, 0) is 26.3 Å². The van der Waals surface area contributed by atoms with Gasteiger partial charge in [0, 0.05) is 19.8 Å². The summed E-state index contributed by atoms with van der Waals surface area (Å²) in [6.45, 7) is 6.79. The third-order valence-corrected chi connectivity index (χ3v) is 2.56. The van der Waals surface area contributed by atoms with Crippen LogP contribution in [0.25, 0.3) is 11.5 Å². The lowest BCUT2D eigenvalue weighted by Crippen LogP contribution is -2.12. The number of anilines is 1. The van der Waals surface area contributed by atoms with E-state index in [0.717, 1.165) is 18.7 Å². The van der Waals surface area contributed by atoms with Crippen molar-refractivity contribution in [3.63, 3.8) is 0 Å². The molecule has 1 N–H and O–H groups in total. The van der Waals surface area contributed by atoms with Crippen LogP contribution >= 0.6 is 0 Å². The lowest BCUT2D eigenvalue weighted by atomic mass is 10.4. The van der Waals surface area contributed by atoms with Gasteiger partial charge < -0.3 is 10.1 Å². The fourth-order valence-corrected chi connectivity index (χ4v) is 1.76. The van der Waals surface area contributed by atoms with E-state index in [4.69, 9.17) is 4.74 Å². The molecule has 2 aromatic rings. The van der Waals surface area contributed by atoms with Gasteiger partial charge in [0.1, 0.15) is 5.69 Å². The van der Waals surface area contributed by atoms with Gasteiger partial charge in [-0.3, -0.25) is 4.68 Å². The molecule has 2 aromatic heterocycles. The summed E-state index contributed by atoms with van der Waals surface area (Å²) >= 11 is 0. The molecule has 0 fully saturated rings. The van der Waals surface area contributed by atoms with Crippen LogP contribution < -0.4 is 10.1 Å². The van der Waals surface area contributed by atoms with Crippen LogP contribution in [0.2, 0.25) is 0 Å². The number of nitrogens with one attached hydrogen (secondary N) is 1. The van der Waals surface area contributed by atoms with Crippen molar-refractivity contribution in [1.29, 1.82) is 0 Å². The van der Waals surface area contributed by atoms with Gasteiger partial charge in [0.25, 0.3) is 0 Å². The molecule has 0 unspecified atom stereocenters. The number of ether oxygens (including phenoxy) is 1. The molecule has 0 aromatic carbocycles. The standard InChI is InChI=1S/C13H20N6O/c1-5-8-19-10(6-7-15-19)11-16-12(14-4)18-13(17-11)20-9(2)3/h6-7,9H,5,8H2,1-4H3,(H,14,16,17,18). The second-order valence-electron chi connectivity index (χ2n) is 4.62. The van der Waals surface area contributed by atoms with Crippen LogP contribution in [0.4, 0.5) is 5.95 Å². The maximum absolute atomic E-state index is 5.56. The van der Waals surface area contributed by atoms with Gasteiger partial charge in [-0.2, -0.15) is 20.1 Å². The van der Waals surface area contributed by atoms with Crippen molar-refractivity contribution < 1.29 is 4.74 Å². The van der Waals surface area contributed by atoms with Crippen molar-refractivity contribution >= 4 is 5.95 Å². The van der Waals surface area contributed by atoms with Crippen LogP contribution in [0.1, 0.15) is 27.2 Å². The molecule has 0 aliphatic carbocycles. The van der Waals surface area contributed by atoms with Crippen molar-refractivity contribution in [3.05, 3.63) is 12.3 Å². The van der Waals surface area contributed by atoms with Crippen LogP contribution in [0.5, 0.6) is 6.01 Å². The van der Waals surface area contributed by atoms with Gasteiger partial charge >= 0.3 is 6.01 Å². The second-order valence-corrected chi connectivity index (χ2v) is 4.62. The topological polar surface area (TPSA) is 77.8 Å². The van der Waals surface area contributed by atoms with Crippen molar-refractivity contribution in [2.24, 2.45) is 0 Å². The van der Waals surface area contributed by atoms with Gasteiger partial charge in [-0.15, -0.1) is 0 Å². The Morgan fingerprint density at radius 1 is 1.30 bits per heavy atom. The zero-order valence-electron chi connectivity index (χ0n) is 12.3. The molecule has 7 nitrogen and oxygen atoms in total. The number of nitrogens with zero attached hydrogens (tertiary/aromatic N) is 5. The number of aromatic nitrogens is 5. The Kier molecular flexibility index (Phi) is 4.49. The zero-order valence-corrected chi connectivity index (χ0v) is 12.3. The smallest absolute Gasteiger partial charge is 0.322 e. The summed E-state index contributed by atoms with van der Waals surface area (Å²) in [5.74, 6) is 1.04. The normalized spacial score (nSPS) is 10.8. The summed E-state index contributed by atoms with van der Waals surface area (Å²) in [5.41, 5.74) is 0.861. The van der Waals surface area contributed by atoms with E-state index in [9.17, 15) is 0 Å². The van der Waals surface area contributed by atoms with Crippen molar-refractivity contribution in [2.45, 2.75) is 39.8 Å². The number of hydrogen-bond acceptors (Lipinski definition) is 6. The summed E-state index contributed by atoms with van der Waals surface area (Å²) in [7, 11) is 1.77. The zero-order chi connectivity index (χ0) is 14.5. The molecule has 2 heterocycles. The third kappa shape index (κ3) is 3.23. The first-order valence-electron chi connectivity index (χ1n) is 6.76. The average Bonchev–Trinajstić information content (AvgIpc) is 2.86. The summed E-state index contributed by atoms with van der Waals surface area (Å²) in [6, 6.07) is 2.21. The van der Waals surface area contributed by atoms with Crippen LogP contribution in [-0.2, 0) is 6.54 Å². The van der Waals surface area contributed by atoms with Crippen LogP contribution in [0.3, 0.4) is 0 Å². The van der Waals surface area contributed by atoms with Gasteiger partial charge in [0.15, 0.2) is 5.82 Å². The fourth-order valence-electron chi connectivity index (χ4n) is 1.76. The predicted octanol–water partition coefficient (Wildman–Crippen LogP) is 1.97. The highest BCUT2D eigenvalue weighted by Crippen LogP contribution is 2.19. The van der Waals surface area contributed by atoms with Crippen molar-refractivity contribution in [1.82, 2.24) is 24.7 Å². The lowest BCUT2D eigenvalue weighted by Gasteiger charge is -2.11. The minimum Gasteiger partial charge on any atom is -0.461 e. The highest BCUT2D eigenvalue weighted by atomic mass is 16.5. The van der Waals surface area contributed by atoms with Gasteiger partial charge in [-0.25, -0.2) is 0 Å². The van der Waals surface area contributed by atoms with Crippen LogP contribution in [0.15, 0.2) is 12.3 Å². The Morgan fingerprint density at radius 3 is 2.75 bits per heavy atom. The molecule has 0 spiro atoms. The largest absolute Gasteiger partial charge is 0.461 e. The molecule has 0 aliphatic heterocycles.